The number of benzene rings is 2. The van der Waals surface area contributed by atoms with Crippen LogP contribution in [0.4, 0.5) is 0 Å². The van der Waals surface area contributed by atoms with Gasteiger partial charge in [-0.15, -0.1) is 0 Å². The van der Waals surface area contributed by atoms with Crippen LogP contribution in [0.5, 0.6) is 0 Å². The molecular formula is C18H19NO. The van der Waals surface area contributed by atoms with E-state index in [2.05, 4.69) is 17.4 Å². The summed E-state index contributed by atoms with van der Waals surface area (Å²) in [5.41, 5.74) is 2.28. The van der Waals surface area contributed by atoms with Crippen molar-refractivity contribution in [2.75, 3.05) is 0 Å². The maximum absolute atomic E-state index is 12.2. The first-order valence-corrected chi connectivity index (χ1v) is 7.21. The third kappa shape index (κ3) is 3.27. The van der Waals surface area contributed by atoms with Gasteiger partial charge in [0, 0.05) is 0 Å². The molecule has 0 aromatic heterocycles. The number of nitrogens with one attached hydrogen (secondary N) is 1. The highest BCUT2D eigenvalue weighted by Crippen LogP contribution is 2.40. The van der Waals surface area contributed by atoms with Crippen LogP contribution in [0.3, 0.4) is 0 Å². The molecule has 1 amide bonds. The van der Waals surface area contributed by atoms with E-state index in [0.29, 0.717) is 12.3 Å². The van der Waals surface area contributed by atoms with Gasteiger partial charge in [-0.2, -0.15) is 0 Å². The van der Waals surface area contributed by atoms with E-state index in [0.717, 1.165) is 5.56 Å². The van der Waals surface area contributed by atoms with Crippen LogP contribution < -0.4 is 5.32 Å². The van der Waals surface area contributed by atoms with Crippen molar-refractivity contribution in [1.82, 2.24) is 5.32 Å². The van der Waals surface area contributed by atoms with Gasteiger partial charge < -0.3 is 5.32 Å². The Labute approximate surface area is 119 Å². The highest BCUT2D eigenvalue weighted by molar-refractivity contribution is 5.79. The predicted molar refractivity (Wildman–Crippen MR) is 80.2 cm³/mol. The second-order valence-corrected chi connectivity index (χ2v) is 5.46. The van der Waals surface area contributed by atoms with Crippen LogP contribution in [0.2, 0.25) is 0 Å². The SMILES string of the molecule is O=C(Cc1ccccc1)NC(c1ccccc1)C1CC1. The highest BCUT2D eigenvalue weighted by Gasteiger charge is 2.33. The van der Waals surface area contributed by atoms with Crippen molar-refractivity contribution in [1.29, 1.82) is 0 Å². The molecule has 0 spiro atoms. The van der Waals surface area contributed by atoms with Gasteiger partial charge in [-0.05, 0) is 29.9 Å². The molecule has 2 nitrogen and oxygen atoms in total. The normalized spacial score (nSPS) is 15.6. The van der Waals surface area contributed by atoms with Gasteiger partial charge in [0.15, 0.2) is 0 Å². The summed E-state index contributed by atoms with van der Waals surface area (Å²) in [5.74, 6) is 0.717. The molecule has 1 fully saturated rings. The minimum atomic E-state index is 0.108. The first kappa shape index (κ1) is 12.9. The zero-order valence-corrected chi connectivity index (χ0v) is 11.5. The molecule has 0 heterocycles. The third-order valence-corrected chi connectivity index (χ3v) is 3.78. The minimum absolute atomic E-state index is 0.108. The Hall–Kier alpha value is -2.09. The largest absolute Gasteiger partial charge is 0.349 e. The van der Waals surface area contributed by atoms with Gasteiger partial charge in [-0.25, -0.2) is 0 Å². The van der Waals surface area contributed by atoms with Gasteiger partial charge in [-0.1, -0.05) is 60.7 Å². The molecule has 0 aliphatic heterocycles. The summed E-state index contributed by atoms with van der Waals surface area (Å²) in [4.78, 5) is 12.2. The van der Waals surface area contributed by atoms with Crippen LogP contribution in [0.25, 0.3) is 0 Å². The Morgan fingerprint density at radius 1 is 1.00 bits per heavy atom. The standard InChI is InChI=1S/C18H19NO/c20-17(13-14-7-3-1-4-8-14)19-18(16-11-12-16)15-9-5-2-6-10-15/h1-10,16,18H,11-13H2,(H,19,20). The van der Waals surface area contributed by atoms with Crippen molar-refractivity contribution >= 4 is 5.91 Å². The highest BCUT2D eigenvalue weighted by atomic mass is 16.1. The quantitative estimate of drug-likeness (QED) is 0.881. The minimum Gasteiger partial charge on any atom is -0.349 e. The Morgan fingerprint density at radius 2 is 1.60 bits per heavy atom. The van der Waals surface area contributed by atoms with Gasteiger partial charge in [0.05, 0.1) is 12.5 Å². The van der Waals surface area contributed by atoms with Crippen LogP contribution in [0.15, 0.2) is 60.7 Å². The summed E-state index contributed by atoms with van der Waals surface area (Å²) < 4.78 is 0. The number of amides is 1. The Bertz CT molecular complexity index is 560. The maximum atomic E-state index is 12.2. The first-order valence-electron chi connectivity index (χ1n) is 7.21. The van der Waals surface area contributed by atoms with Crippen LogP contribution in [-0.4, -0.2) is 5.91 Å². The van der Waals surface area contributed by atoms with Crippen molar-refractivity contribution in [3.05, 3.63) is 71.8 Å². The molecule has 2 heteroatoms. The van der Waals surface area contributed by atoms with E-state index in [1.54, 1.807) is 0 Å². The Balaban J connectivity index is 1.67. The molecule has 1 N–H and O–H groups in total. The van der Waals surface area contributed by atoms with Crippen molar-refractivity contribution in [2.45, 2.75) is 25.3 Å². The number of carbonyl (C=O) groups is 1. The molecule has 1 atom stereocenters. The number of hydrogen-bond acceptors (Lipinski definition) is 1. The lowest BCUT2D eigenvalue weighted by molar-refractivity contribution is -0.121. The molecule has 2 aromatic carbocycles. The fourth-order valence-electron chi connectivity index (χ4n) is 2.57. The van der Waals surface area contributed by atoms with Crippen LogP contribution in [0, 0.1) is 5.92 Å². The fraction of sp³-hybridized carbons (Fsp3) is 0.278. The summed E-state index contributed by atoms with van der Waals surface area (Å²) >= 11 is 0. The monoisotopic (exact) mass is 265 g/mol. The Morgan fingerprint density at radius 3 is 2.20 bits per heavy atom. The number of carbonyl (C=O) groups excluding carboxylic acids is 1. The number of rotatable bonds is 5. The Kier molecular flexibility index (Phi) is 3.82. The zero-order chi connectivity index (χ0) is 13.8. The molecule has 0 radical (unpaired) electrons. The second-order valence-electron chi connectivity index (χ2n) is 5.46. The van der Waals surface area contributed by atoms with Gasteiger partial charge in [0.2, 0.25) is 5.91 Å². The van der Waals surface area contributed by atoms with Crippen LogP contribution in [-0.2, 0) is 11.2 Å². The van der Waals surface area contributed by atoms with E-state index in [1.807, 2.05) is 48.5 Å². The third-order valence-electron chi connectivity index (χ3n) is 3.78. The average molecular weight is 265 g/mol. The molecule has 1 aliphatic carbocycles. The lowest BCUT2D eigenvalue weighted by Gasteiger charge is -2.18. The van der Waals surface area contributed by atoms with E-state index in [1.165, 1.54) is 18.4 Å². The van der Waals surface area contributed by atoms with E-state index < -0.39 is 0 Å². The van der Waals surface area contributed by atoms with E-state index in [9.17, 15) is 4.79 Å². The van der Waals surface area contributed by atoms with E-state index in [4.69, 9.17) is 0 Å². The summed E-state index contributed by atoms with van der Waals surface area (Å²) in [5, 5.41) is 3.20. The molecule has 102 valence electrons. The van der Waals surface area contributed by atoms with E-state index in [-0.39, 0.29) is 11.9 Å². The van der Waals surface area contributed by atoms with Crippen molar-refractivity contribution < 1.29 is 4.79 Å². The molecule has 2 aromatic rings. The molecule has 3 rings (SSSR count). The van der Waals surface area contributed by atoms with Crippen LogP contribution in [0.1, 0.15) is 30.0 Å². The fourth-order valence-corrected chi connectivity index (χ4v) is 2.57. The maximum Gasteiger partial charge on any atom is 0.224 e. The predicted octanol–water partition coefficient (Wildman–Crippen LogP) is 3.50. The van der Waals surface area contributed by atoms with Crippen molar-refractivity contribution in [2.24, 2.45) is 5.92 Å². The summed E-state index contributed by atoms with van der Waals surface area (Å²) in [6.45, 7) is 0. The lowest BCUT2D eigenvalue weighted by Crippen LogP contribution is -2.31. The van der Waals surface area contributed by atoms with Gasteiger partial charge >= 0.3 is 0 Å². The summed E-state index contributed by atoms with van der Waals surface area (Å²) in [7, 11) is 0. The smallest absolute Gasteiger partial charge is 0.224 e. The first-order chi connectivity index (χ1) is 9.83. The second kappa shape index (κ2) is 5.91. The molecule has 20 heavy (non-hydrogen) atoms. The lowest BCUT2D eigenvalue weighted by atomic mass is 10.0. The van der Waals surface area contributed by atoms with Gasteiger partial charge in [-0.3, -0.25) is 4.79 Å². The van der Waals surface area contributed by atoms with Crippen LogP contribution >= 0.6 is 0 Å². The molecular weight excluding hydrogens is 246 g/mol. The molecule has 1 aliphatic rings. The number of hydrogen-bond donors (Lipinski definition) is 1. The molecule has 0 bridgehead atoms. The van der Waals surface area contributed by atoms with E-state index >= 15 is 0 Å². The van der Waals surface area contributed by atoms with Crippen molar-refractivity contribution in [3.8, 4) is 0 Å². The summed E-state index contributed by atoms with van der Waals surface area (Å²) in [6.07, 6.45) is 2.88. The average Bonchev–Trinajstić information content (AvgIpc) is 3.31. The zero-order valence-electron chi connectivity index (χ0n) is 11.5. The van der Waals surface area contributed by atoms with Crippen molar-refractivity contribution in [3.63, 3.8) is 0 Å². The molecule has 1 saturated carbocycles. The topological polar surface area (TPSA) is 29.1 Å². The molecule has 1 unspecified atom stereocenters. The molecule has 0 saturated heterocycles. The van der Waals surface area contributed by atoms with Gasteiger partial charge in [0.1, 0.15) is 0 Å². The summed E-state index contributed by atoms with van der Waals surface area (Å²) in [6, 6.07) is 20.4. The van der Waals surface area contributed by atoms with Gasteiger partial charge in [0.25, 0.3) is 0 Å².